The van der Waals surface area contributed by atoms with Gasteiger partial charge in [0.25, 0.3) is 0 Å². The Kier molecular flexibility index (Phi) is 7.05. The Morgan fingerprint density at radius 1 is 0.889 bits per heavy atom. The highest BCUT2D eigenvalue weighted by molar-refractivity contribution is 6.01. The SMILES string of the molecule is COC(=O)c1cc(OC)ccc1NC(=O)CCc1ccc(OC)c(OC)c1. The van der Waals surface area contributed by atoms with Gasteiger partial charge in [0.15, 0.2) is 11.5 Å². The average Bonchev–Trinajstić information content (AvgIpc) is 2.71. The summed E-state index contributed by atoms with van der Waals surface area (Å²) in [7, 11) is 5.91. The molecule has 0 aliphatic heterocycles. The van der Waals surface area contributed by atoms with Gasteiger partial charge < -0.3 is 24.3 Å². The van der Waals surface area contributed by atoms with E-state index in [-0.39, 0.29) is 17.9 Å². The first-order valence-electron chi connectivity index (χ1n) is 8.29. The molecule has 7 nitrogen and oxygen atoms in total. The van der Waals surface area contributed by atoms with Gasteiger partial charge in [-0.05, 0) is 42.3 Å². The van der Waals surface area contributed by atoms with E-state index in [1.807, 2.05) is 12.1 Å². The number of rotatable bonds is 8. The third kappa shape index (κ3) is 5.13. The molecule has 0 radical (unpaired) electrons. The van der Waals surface area contributed by atoms with Crippen LogP contribution in [0, 0.1) is 0 Å². The minimum atomic E-state index is -0.552. The molecule has 0 aromatic heterocycles. The Morgan fingerprint density at radius 2 is 1.63 bits per heavy atom. The average molecular weight is 373 g/mol. The molecule has 0 aliphatic carbocycles. The van der Waals surface area contributed by atoms with Crippen molar-refractivity contribution in [1.29, 1.82) is 0 Å². The maximum atomic E-state index is 12.3. The summed E-state index contributed by atoms with van der Waals surface area (Å²) in [5.74, 6) is 0.966. The van der Waals surface area contributed by atoms with E-state index in [9.17, 15) is 9.59 Å². The van der Waals surface area contributed by atoms with E-state index in [1.54, 1.807) is 32.4 Å². The first-order valence-corrected chi connectivity index (χ1v) is 8.29. The number of amides is 1. The van der Waals surface area contributed by atoms with Crippen LogP contribution in [0.3, 0.4) is 0 Å². The zero-order valence-electron chi connectivity index (χ0n) is 15.8. The van der Waals surface area contributed by atoms with Gasteiger partial charge >= 0.3 is 5.97 Å². The van der Waals surface area contributed by atoms with Gasteiger partial charge in [0, 0.05) is 6.42 Å². The molecule has 0 saturated heterocycles. The minimum Gasteiger partial charge on any atom is -0.497 e. The molecule has 0 heterocycles. The van der Waals surface area contributed by atoms with E-state index < -0.39 is 5.97 Å². The van der Waals surface area contributed by atoms with E-state index in [2.05, 4.69) is 5.32 Å². The number of hydrogen-bond donors (Lipinski definition) is 1. The third-order valence-corrected chi connectivity index (χ3v) is 3.99. The van der Waals surface area contributed by atoms with Crippen LogP contribution in [0.15, 0.2) is 36.4 Å². The van der Waals surface area contributed by atoms with Crippen molar-refractivity contribution in [3.63, 3.8) is 0 Å². The second-order valence-corrected chi connectivity index (χ2v) is 5.64. The van der Waals surface area contributed by atoms with Crippen molar-refractivity contribution in [3.8, 4) is 17.2 Å². The summed E-state index contributed by atoms with van der Waals surface area (Å²) >= 11 is 0. The molecule has 2 aromatic rings. The zero-order valence-corrected chi connectivity index (χ0v) is 15.8. The fourth-order valence-corrected chi connectivity index (χ4v) is 2.54. The van der Waals surface area contributed by atoms with Gasteiger partial charge in [-0.15, -0.1) is 0 Å². The topological polar surface area (TPSA) is 83.1 Å². The second kappa shape index (κ2) is 9.47. The molecule has 27 heavy (non-hydrogen) atoms. The maximum Gasteiger partial charge on any atom is 0.340 e. The Labute approximate surface area is 158 Å². The van der Waals surface area contributed by atoms with Gasteiger partial charge in [-0.2, -0.15) is 0 Å². The lowest BCUT2D eigenvalue weighted by atomic mass is 10.1. The first-order chi connectivity index (χ1) is 13.0. The number of carbonyl (C=O) groups is 2. The lowest BCUT2D eigenvalue weighted by Crippen LogP contribution is -2.16. The monoisotopic (exact) mass is 373 g/mol. The molecule has 0 bridgehead atoms. The number of benzene rings is 2. The highest BCUT2D eigenvalue weighted by Gasteiger charge is 2.15. The van der Waals surface area contributed by atoms with Gasteiger partial charge in [-0.1, -0.05) is 6.07 Å². The summed E-state index contributed by atoms with van der Waals surface area (Å²) in [6.45, 7) is 0. The highest BCUT2D eigenvalue weighted by atomic mass is 16.5. The molecule has 0 unspecified atom stereocenters. The number of carbonyl (C=O) groups excluding carboxylic acids is 2. The predicted octanol–water partition coefficient (Wildman–Crippen LogP) is 3.07. The van der Waals surface area contributed by atoms with E-state index >= 15 is 0 Å². The van der Waals surface area contributed by atoms with Crippen LogP contribution in [0.25, 0.3) is 0 Å². The Hall–Kier alpha value is -3.22. The van der Waals surface area contributed by atoms with Gasteiger partial charge in [0.1, 0.15) is 5.75 Å². The minimum absolute atomic E-state index is 0.222. The largest absolute Gasteiger partial charge is 0.497 e. The van der Waals surface area contributed by atoms with E-state index in [0.29, 0.717) is 29.4 Å². The van der Waals surface area contributed by atoms with Gasteiger partial charge in [-0.25, -0.2) is 4.79 Å². The van der Waals surface area contributed by atoms with Gasteiger partial charge in [0.05, 0.1) is 39.7 Å². The Morgan fingerprint density at radius 3 is 2.26 bits per heavy atom. The molecular weight excluding hydrogens is 350 g/mol. The summed E-state index contributed by atoms with van der Waals surface area (Å²) in [4.78, 5) is 24.3. The first kappa shape index (κ1) is 20.1. The number of ether oxygens (including phenoxy) is 4. The normalized spacial score (nSPS) is 10.1. The Bertz CT molecular complexity index is 818. The number of esters is 1. The number of anilines is 1. The second-order valence-electron chi connectivity index (χ2n) is 5.64. The molecule has 1 amide bonds. The van der Waals surface area contributed by atoms with E-state index in [4.69, 9.17) is 18.9 Å². The highest BCUT2D eigenvalue weighted by Crippen LogP contribution is 2.28. The molecule has 1 N–H and O–H groups in total. The fourth-order valence-electron chi connectivity index (χ4n) is 2.54. The molecule has 2 rings (SSSR count). The summed E-state index contributed by atoms with van der Waals surface area (Å²) < 4.78 is 20.3. The third-order valence-electron chi connectivity index (χ3n) is 3.99. The summed E-state index contributed by atoms with van der Waals surface area (Å²) in [6, 6.07) is 10.3. The molecule has 7 heteroatoms. The van der Waals surface area contributed by atoms with Crippen LogP contribution in [0.1, 0.15) is 22.3 Å². The molecule has 144 valence electrons. The van der Waals surface area contributed by atoms with Crippen LogP contribution in [-0.4, -0.2) is 40.3 Å². The number of nitrogens with one attached hydrogen (secondary N) is 1. The summed E-state index contributed by atoms with van der Waals surface area (Å²) in [6.07, 6.45) is 0.748. The van der Waals surface area contributed by atoms with Crippen LogP contribution >= 0.6 is 0 Å². The maximum absolute atomic E-state index is 12.3. The molecular formula is C20H23NO6. The lowest BCUT2D eigenvalue weighted by molar-refractivity contribution is -0.116. The van der Waals surface area contributed by atoms with Gasteiger partial charge in [0.2, 0.25) is 5.91 Å². The smallest absolute Gasteiger partial charge is 0.340 e. The zero-order chi connectivity index (χ0) is 19.8. The summed E-state index contributed by atoms with van der Waals surface area (Å²) in [5, 5.41) is 2.75. The number of methoxy groups -OCH3 is 4. The molecule has 0 spiro atoms. The van der Waals surface area contributed by atoms with Crippen molar-refractivity contribution >= 4 is 17.6 Å². The Balaban J connectivity index is 2.07. The van der Waals surface area contributed by atoms with Crippen LogP contribution in [-0.2, 0) is 16.0 Å². The van der Waals surface area contributed by atoms with Crippen molar-refractivity contribution in [2.75, 3.05) is 33.8 Å². The van der Waals surface area contributed by atoms with Crippen LogP contribution in [0.4, 0.5) is 5.69 Å². The van der Waals surface area contributed by atoms with E-state index in [1.165, 1.54) is 20.3 Å². The van der Waals surface area contributed by atoms with Crippen LogP contribution in [0.2, 0.25) is 0 Å². The summed E-state index contributed by atoms with van der Waals surface area (Å²) in [5.41, 5.74) is 1.54. The molecule has 0 atom stereocenters. The van der Waals surface area contributed by atoms with Crippen molar-refractivity contribution in [2.24, 2.45) is 0 Å². The standard InChI is InChI=1S/C20H23NO6/c1-24-14-7-8-16(15(12-14)20(23)27-4)21-19(22)10-6-13-5-9-17(25-2)18(11-13)26-3/h5,7-9,11-12H,6,10H2,1-4H3,(H,21,22). The van der Waals surface area contributed by atoms with E-state index in [0.717, 1.165) is 5.56 Å². The van der Waals surface area contributed by atoms with Crippen molar-refractivity contribution in [2.45, 2.75) is 12.8 Å². The number of hydrogen-bond acceptors (Lipinski definition) is 6. The van der Waals surface area contributed by atoms with Gasteiger partial charge in [-0.3, -0.25) is 4.79 Å². The van der Waals surface area contributed by atoms with Crippen LogP contribution < -0.4 is 19.5 Å². The van der Waals surface area contributed by atoms with Crippen molar-refractivity contribution in [1.82, 2.24) is 0 Å². The predicted molar refractivity (Wildman–Crippen MR) is 101 cm³/mol. The molecule has 0 aliphatic rings. The number of aryl methyl sites for hydroxylation is 1. The molecule has 0 fully saturated rings. The lowest BCUT2D eigenvalue weighted by Gasteiger charge is -2.12. The van der Waals surface area contributed by atoms with Crippen LogP contribution in [0.5, 0.6) is 17.2 Å². The molecule has 2 aromatic carbocycles. The van der Waals surface area contributed by atoms with Crippen molar-refractivity contribution in [3.05, 3.63) is 47.5 Å². The quantitative estimate of drug-likeness (QED) is 0.716. The molecule has 0 saturated carbocycles. The fraction of sp³-hybridized carbons (Fsp3) is 0.300. The van der Waals surface area contributed by atoms with Crippen molar-refractivity contribution < 1.29 is 28.5 Å².